The molecule has 4 rings (SSSR count). The van der Waals surface area contributed by atoms with Crippen LogP contribution >= 0.6 is 0 Å². The van der Waals surface area contributed by atoms with Crippen LogP contribution in [0.25, 0.3) is 5.88 Å². The van der Waals surface area contributed by atoms with Gasteiger partial charge in [0, 0.05) is 18.5 Å². The van der Waals surface area contributed by atoms with Gasteiger partial charge in [0.25, 0.3) is 5.35 Å². The standard InChI is InChI=1S/C19H16N3O8/c1-27-18(25)11-4-2-3-5-13(11)29-19(26)30-16-12(23)6-7-22-15(16)17(24)21-8-9-28-10-14(21)20-22/h2-7,14H,8-10H2,1H3/q-1. The summed E-state index contributed by atoms with van der Waals surface area (Å²) in [5.74, 6) is -2.58. The molecule has 2 aliphatic rings. The van der Waals surface area contributed by atoms with Gasteiger partial charge in [-0.25, -0.2) is 9.59 Å². The van der Waals surface area contributed by atoms with Crippen LogP contribution in [0.4, 0.5) is 4.79 Å². The van der Waals surface area contributed by atoms with E-state index in [4.69, 9.17) is 14.2 Å². The molecule has 0 saturated carbocycles. The number of morpholine rings is 1. The van der Waals surface area contributed by atoms with Crippen LogP contribution in [0.5, 0.6) is 17.2 Å². The van der Waals surface area contributed by atoms with Crippen molar-refractivity contribution < 1.29 is 43.1 Å². The van der Waals surface area contributed by atoms with E-state index in [0.29, 0.717) is 6.61 Å². The number of para-hydroxylation sites is 1. The van der Waals surface area contributed by atoms with Gasteiger partial charge in [-0.05, 0) is 17.2 Å². The highest BCUT2D eigenvalue weighted by molar-refractivity contribution is 5.93. The van der Waals surface area contributed by atoms with Crippen LogP contribution in [0.2, 0.25) is 0 Å². The zero-order valence-corrected chi connectivity index (χ0v) is 15.8. The molecule has 30 heavy (non-hydrogen) atoms. The molecule has 1 fully saturated rings. The molecule has 1 atom stereocenters. The smallest absolute Gasteiger partial charge is 0.519 e. The van der Waals surface area contributed by atoms with Crippen molar-refractivity contribution >= 4 is 18.0 Å². The minimum atomic E-state index is -1.30. The number of pyridine rings is 1. The predicted octanol–water partition coefficient (Wildman–Crippen LogP) is -1.46. The highest BCUT2D eigenvalue weighted by Crippen LogP contribution is 2.22. The van der Waals surface area contributed by atoms with Crippen molar-refractivity contribution in [2.75, 3.05) is 26.9 Å². The van der Waals surface area contributed by atoms with Gasteiger partial charge in [-0.1, -0.05) is 22.2 Å². The normalized spacial score (nSPS) is 17.3. The number of esters is 1. The van der Waals surface area contributed by atoms with Crippen LogP contribution in [0, 0.1) is 0 Å². The molecule has 1 saturated heterocycles. The second kappa shape index (κ2) is 7.87. The molecule has 0 bridgehead atoms. The average Bonchev–Trinajstić information content (AvgIpc) is 2.76. The lowest BCUT2D eigenvalue weighted by Gasteiger charge is -2.37. The van der Waals surface area contributed by atoms with Gasteiger partial charge in [0.15, 0.2) is 0 Å². The topological polar surface area (TPSA) is 139 Å². The number of hydrogen-bond acceptors (Lipinski definition) is 10. The average molecular weight is 414 g/mol. The van der Waals surface area contributed by atoms with E-state index in [1.54, 1.807) is 6.07 Å². The predicted molar refractivity (Wildman–Crippen MR) is 92.7 cm³/mol. The third kappa shape index (κ3) is 3.46. The molecule has 156 valence electrons. The molecule has 11 nitrogen and oxygen atoms in total. The van der Waals surface area contributed by atoms with Crippen molar-refractivity contribution in [2.45, 2.75) is 6.17 Å². The molecule has 2 aromatic rings. The SMILES string of the molecule is COC(=O)c1ccccc1OC(=O)Oc1c([O-])cc[n+]2c1=C([O-])N1CCOCC1N=2. The van der Waals surface area contributed by atoms with Crippen molar-refractivity contribution in [1.82, 2.24) is 4.90 Å². The number of ether oxygens (including phenoxy) is 4. The third-order valence-electron chi connectivity index (χ3n) is 4.53. The van der Waals surface area contributed by atoms with Crippen LogP contribution in [0.15, 0.2) is 41.6 Å². The van der Waals surface area contributed by atoms with Crippen LogP contribution in [-0.2, 0) is 9.47 Å². The zero-order chi connectivity index (χ0) is 21.3. The second-order valence-electron chi connectivity index (χ2n) is 6.31. The Morgan fingerprint density at radius 3 is 2.83 bits per heavy atom. The van der Waals surface area contributed by atoms with Gasteiger partial charge in [0.05, 0.1) is 20.3 Å². The van der Waals surface area contributed by atoms with Crippen molar-refractivity contribution in [3.05, 3.63) is 47.4 Å². The van der Waals surface area contributed by atoms with E-state index in [-0.39, 0.29) is 29.8 Å². The Bertz CT molecular complexity index is 1130. The quantitative estimate of drug-likeness (QED) is 0.335. The fourth-order valence-corrected chi connectivity index (χ4v) is 3.13. The van der Waals surface area contributed by atoms with Crippen LogP contribution in [0.1, 0.15) is 10.4 Å². The molecular formula is C19H16N3O8-. The Kier molecular flexibility index (Phi) is 5.11. The Morgan fingerprint density at radius 2 is 2.03 bits per heavy atom. The van der Waals surface area contributed by atoms with Gasteiger partial charge in [-0.3, -0.25) is 0 Å². The molecule has 1 aromatic carbocycles. The van der Waals surface area contributed by atoms with Crippen LogP contribution in [0.3, 0.4) is 0 Å². The van der Waals surface area contributed by atoms with Gasteiger partial charge >= 0.3 is 12.1 Å². The first kappa shape index (κ1) is 19.5. The van der Waals surface area contributed by atoms with Crippen molar-refractivity contribution in [2.24, 2.45) is 5.11 Å². The lowest BCUT2D eigenvalue weighted by molar-refractivity contribution is -0.580. The summed E-state index contributed by atoms with van der Waals surface area (Å²) in [6.45, 7) is 0.837. The molecule has 0 amide bonds. The Hall–Kier alpha value is -3.86. The number of carbonyl (C=O) groups excluding carboxylic acids is 2. The number of rotatable bonds is 3. The molecule has 3 heterocycles. The van der Waals surface area contributed by atoms with E-state index in [9.17, 15) is 19.8 Å². The van der Waals surface area contributed by atoms with E-state index in [1.165, 1.54) is 40.8 Å². The minimum absolute atomic E-state index is 0.00834. The Morgan fingerprint density at radius 1 is 1.23 bits per heavy atom. The van der Waals surface area contributed by atoms with Crippen LogP contribution < -0.4 is 29.4 Å². The van der Waals surface area contributed by atoms with Gasteiger partial charge in [-0.15, -0.1) is 0 Å². The third-order valence-corrected chi connectivity index (χ3v) is 4.53. The van der Waals surface area contributed by atoms with Gasteiger partial charge in [-0.2, -0.15) is 0 Å². The molecule has 1 unspecified atom stereocenters. The summed E-state index contributed by atoms with van der Waals surface area (Å²) in [6, 6.07) is 6.97. The Labute approximate surface area is 169 Å². The van der Waals surface area contributed by atoms with E-state index in [2.05, 4.69) is 9.85 Å². The number of aromatic nitrogens is 1. The number of benzene rings is 1. The number of nitrogens with zero attached hydrogens (tertiary/aromatic N) is 3. The summed E-state index contributed by atoms with van der Waals surface area (Å²) >= 11 is 0. The Balaban J connectivity index is 1.68. The summed E-state index contributed by atoms with van der Waals surface area (Å²) in [5, 5.41) is 29.4. The van der Waals surface area contributed by atoms with E-state index in [0.717, 1.165) is 6.07 Å². The van der Waals surface area contributed by atoms with E-state index in [1.807, 2.05) is 0 Å². The molecule has 0 aliphatic carbocycles. The fraction of sp³-hybridized carbons (Fsp3) is 0.263. The van der Waals surface area contributed by atoms with E-state index >= 15 is 0 Å². The lowest BCUT2D eigenvalue weighted by Crippen LogP contribution is -2.58. The molecular weight excluding hydrogens is 398 g/mol. The maximum Gasteiger partial charge on any atom is 0.519 e. The minimum Gasteiger partial charge on any atom is -0.870 e. The summed E-state index contributed by atoms with van der Waals surface area (Å²) in [7, 11) is 1.18. The number of methoxy groups -OCH3 is 1. The summed E-state index contributed by atoms with van der Waals surface area (Å²) in [5.41, 5.74) is -0.00834. The van der Waals surface area contributed by atoms with Gasteiger partial charge in [0.1, 0.15) is 11.3 Å². The first-order valence-electron chi connectivity index (χ1n) is 8.92. The number of carbonyl (C=O) groups is 2. The molecule has 11 heteroatoms. The van der Waals surface area contributed by atoms with Gasteiger partial charge in [0.2, 0.25) is 18.1 Å². The van der Waals surface area contributed by atoms with Crippen molar-refractivity contribution in [3.63, 3.8) is 0 Å². The van der Waals surface area contributed by atoms with Crippen LogP contribution in [-0.4, -0.2) is 50.1 Å². The first-order valence-corrected chi connectivity index (χ1v) is 8.92. The number of hydrogen-bond donors (Lipinski definition) is 0. The molecule has 0 N–H and O–H groups in total. The highest BCUT2D eigenvalue weighted by atomic mass is 16.7. The monoisotopic (exact) mass is 414 g/mol. The summed E-state index contributed by atoms with van der Waals surface area (Å²) < 4.78 is 21.3. The van der Waals surface area contributed by atoms with E-state index < -0.39 is 35.7 Å². The zero-order valence-electron chi connectivity index (χ0n) is 15.8. The maximum absolute atomic E-state index is 12.9. The van der Waals surface area contributed by atoms with Crippen molar-refractivity contribution in [1.29, 1.82) is 0 Å². The molecule has 0 radical (unpaired) electrons. The lowest BCUT2D eigenvalue weighted by atomic mass is 10.2. The number of fused-ring (bicyclic) bond motifs is 2. The molecule has 0 spiro atoms. The first-order chi connectivity index (χ1) is 14.5. The highest BCUT2D eigenvalue weighted by Gasteiger charge is 2.31. The summed E-state index contributed by atoms with van der Waals surface area (Å²) in [6.07, 6.45) is -0.519. The fourth-order valence-electron chi connectivity index (χ4n) is 3.13. The maximum atomic E-state index is 12.9. The molecule has 2 aliphatic heterocycles. The van der Waals surface area contributed by atoms with Gasteiger partial charge < -0.3 is 34.1 Å². The largest absolute Gasteiger partial charge is 0.870 e. The van der Waals surface area contributed by atoms with Crippen molar-refractivity contribution in [3.8, 4) is 17.2 Å². The molecule has 1 aromatic heterocycles. The second-order valence-corrected chi connectivity index (χ2v) is 6.31. The summed E-state index contributed by atoms with van der Waals surface area (Å²) in [4.78, 5) is 25.6.